The van der Waals surface area contributed by atoms with Crippen LogP contribution in [0.4, 0.5) is 16.3 Å². The SMILES string of the molecule is CC(C)(C)OC(=O)N1CC2CN(c3ccc(N)nc3)CC(C1)O2. The second kappa shape index (κ2) is 5.88. The van der Waals surface area contributed by atoms with Gasteiger partial charge in [-0.2, -0.15) is 0 Å². The summed E-state index contributed by atoms with van der Waals surface area (Å²) in [4.78, 5) is 20.4. The quantitative estimate of drug-likeness (QED) is 0.844. The molecule has 2 bridgehead atoms. The fourth-order valence-corrected chi connectivity index (χ4v) is 2.96. The fourth-order valence-electron chi connectivity index (χ4n) is 2.96. The van der Waals surface area contributed by atoms with Gasteiger partial charge in [0.1, 0.15) is 11.4 Å². The van der Waals surface area contributed by atoms with Crippen molar-refractivity contribution in [1.82, 2.24) is 9.88 Å². The third kappa shape index (κ3) is 3.85. The number of carbonyl (C=O) groups excluding carboxylic acids is 1. The van der Waals surface area contributed by atoms with Gasteiger partial charge in [0.15, 0.2) is 0 Å². The summed E-state index contributed by atoms with van der Waals surface area (Å²) in [7, 11) is 0. The van der Waals surface area contributed by atoms with E-state index in [1.54, 1.807) is 17.2 Å². The van der Waals surface area contributed by atoms with E-state index in [1.165, 1.54) is 0 Å². The van der Waals surface area contributed by atoms with Gasteiger partial charge in [0.25, 0.3) is 0 Å². The number of pyridine rings is 1. The van der Waals surface area contributed by atoms with Crippen molar-refractivity contribution in [2.45, 2.75) is 38.6 Å². The Balaban J connectivity index is 1.64. The van der Waals surface area contributed by atoms with Gasteiger partial charge in [0, 0.05) is 13.1 Å². The highest BCUT2D eigenvalue weighted by Gasteiger charge is 2.38. The zero-order valence-corrected chi connectivity index (χ0v) is 13.9. The molecule has 1 aromatic rings. The molecular weight excluding hydrogens is 296 g/mol. The summed E-state index contributed by atoms with van der Waals surface area (Å²) in [6, 6.07) is 3.77. The molecular formula is C16H24N4O3. The molecule has 2 aliphatic rings. The minimum absolute atomic E-state index is 0.0208. The van der Waals surface area contributed by atoms with E-state index in [0.717, 1.165) is 18.8 Å². The van der Waals surface area contributed by atoms with Gasteiger partial charge < -0.3 is 25.0 Å². The van der Waals surface area contributed by atoms with Crippen molar-refractivity contribution in [2.24, 2.45) is 0 Å². The number of fused-ring (bicyclic) bond motifs is 2. The number of anilines is 2. The molecule has 0 aromatic carbocycles. The maximum absolute atomic E-state index is 12.2. The van der Waals surface area contributed by atoms with Gasteiger partial charge in [-0.1, -0.05) is 0 Å². The monoisotopic (exact) mass is 320 g/mol. The van der Waals surface area contributed by atoms with Crippen LogP contribution in [0.3, 0.4) is 0 Å². The predicted octanol–water partition coefficient (Wildman–Crippen LogP) is 1.49. The maximum Gasteiger partial charge on any atom is 0.410 e. The number of hydrogen-bond donors (Lipinski definition) is 1. The van der Waals surface area contributed by atoms with Crippen LogP contribution in [-0.4, -0.2) is 60.0 Å². The molecule has 126 valence electrons. The van der Waals surface area contributed by atoms with E-state index in [-0.39, 0.29) is 18.3 Å². The Hall–Kier alpha value is -2.02. The Bertz CT molecular complexity index is 556. The highest BCUT2D eigenvalue weighted by molar-refractivity contribution is 5.68. The van der Waals surface area contributed by atoms with E-state index in [4.69, 9.17) is 15.2 Å². The van der Waals surface area contributed by atoms with Crippen molar-refractivity contribution in [3.63, 3.8) is 0 Å². The number of carbonyl (C=O) groups is 1. The van der Waals surface area contributed by atoms with Crippen molar-refractivity contribution >= 4 is 17.6 Å². The van der Waals surface area contributed by atoms with E-state index < -0.39 is 5.60 Å². The molecule has 2 unspecified atom stereocenters. The zero-order chi connectivity index (χ0) is 16.6. The number of nitrogens with zero attached hydrogens (tertiary/aromatic N) is 3. The fraction of sp³-hybridized carbons (Fsp3) is 0.625. The number of rotatable bonds is 1. The van der Waals surface area contributed by atoms with Crippen LogP contribution in [0.5, 0.6) is 0 Å². The number of hydrogen-bond acceptors (Lipinski definition) is 6. The summed E-state index contributed by atoms with van der Waals surface area (Å²) >= 11 is 0. The molecule has 2 aliphatic heterocycles. The third-order valence-corrected chi connectivity index (χ3v) is 3.87. The third-order valence-electron chi connectivity index (χ3n) is 3.87. The lowest BCUT2D eigenvalue weighted by atomic mass is 10.1. The Morgan fingerprint density at radius 1 is 1.26 bits per heavy atom. The minimum Gasteiger partial charge on any atom is -0.444 e. The lowest BCUT2D eigenvalue weighted by Crippen LogP contribution is -2.61. The van der Waals surface area contributed by atoms with Crippen LogP contribution in [0.1, 0.15) is 20.8 Å². The van der Waals surface area contributed by atoms with E-state index in [0.29, 0.717) is 18.9 Å². The Kier molecular flexibility index (Phi) is 4.06. The highest BCUT2D eigenvalue weighted by atomic mass is 16.6. The second-order valence-corrected chi connectivity index (χ2v) is 7.11. The Morgan fingerprint density at radius 3 is 2.43 bits per heavy atom. The number of aromatic nitrogens is 1. The first kappa shape index (κ1) is 15.9. The average Bonchev–Trinajstić information content (AvgIpc) is 2.45. The van der Waals surface area contributed by atoms with Gasteiger partial charge in [0.05, 0.1) is 37.2 Å². The Labute approximate surface area is 136 Å². The van der Waals surface area contributed by atoms with E-state index in [9.17, 15) is 4.79 Å². The number of ether oxygens (including phenoxy) is 2. The molecule has 0 spiro atoms. The summed E-state index contributed by atoms with van der Waals surface area (Å²) in [6.07, 6.45) is 1.47. The first-order chi connectivity index (χ1) is 10.8. The van der Waals surface area contributed by atoms with Crippen molar-refractivity contribution in [3.8, 4) is 0 Å². The summed E-state index contributed by atoms with van der Waals surface area (Å²) in [5.74, 6) is 0.512. The number of nitrogens with two attached hydrogens (primary N) is 1. The average molecular weight is 320 g/mol. The number of amides is 1. The highest BCUT2D eigenvalue weighted by Crippen LogP contribution is 2.25. The molecule has 2 fully saturated rings. The standard InChI is InChI=1S/C16H24N4O3/c1-16(2,3)23-15(21)20-9-12-7-19(8-13(10-20)22-12)11-4-5-14(17)18-6-11/h4-6,12-13H,7-10H2,1-3H3,(H2,17,18). The topological polar surface area (TPSA) is 80.9 Å². The number of nitrogen functional groups attached to an aromatic ring is 1. The molecule has 2 saturated heterocycles. The van der Waals surface area contributed by atoms with Crippen molar-refractivity contribution < 1.29 is 14.3 Å². The lowest BCUT2D eigenvalue weighted by Gasteiger charge is -2.46. The predicted molar refractivity (Wildman–Crippen MR) is 87.3 cm³/mol. The van der Waals surface area contributed by atoms with Crippen LogP contribution in [0.2, 0.25) is 0 Å². The molecule has 0 aliphatic carbocycles. The zero-order valence-electron chi connectivity index (χ0n) is 13.9. The van der Waals surface area contributed by atoms with Crippen molar-refractivity contribution in [3.05, 3.63) is 18.3 Å². The van der Waals surface area contributed by atoms with Crippen LogP contribution in [0, 0.1) is 0 Å². The molecule has 23 heavy (non-hydrogen) atoms. The van der Waals surface area contributed by atoms with E-state index >= 15 is 0 Å². The molecule has 0 radical (unpaired) electrons. The van der Waals surface area contributed by atoms with Crippen molar-refractivity contribution in [1.29, 1.82) is 0 Å². The molecule has 2 N–H and O–H groups in total. The molecule has 3 rings (SSSR count). The number of morpholine rings is 2. The first-order valence-electron chi connectivity index (χ1n) is 7.90. The lowest BCUT2D eigenvalue weighted by molar-refractivity contribution is -0.0949. The second-order valence-electron chi connectivity index (χ2n) is 7.11. The summed E-state index contributed by atoms with van der Waals surface area (Å²) < 4.78 is 11.4. The summed E-state index contributed by atoms with van der Waals surface area (Å²) in [6.45, 7) is 8.17. The van der Waals surface area contributed by atoms with Crippen LogP contribution in [0.25, 0.3) is 0 Å². The Morgan fingerprint density at radius 2 is 1.91 bits per heavy atom. The van der Waals surface area contributed by atoms with Crippen LogP contribution in [-0.2, 0) is 9.47 Å². The van der Waals surface area contributed by atoms with Crippen LogP contribution in [0.15, 0.2) is 18.3 Å². The van der Waals surface area contributed by atoms with Gasteiger partial charge in [-0.15, -0.1) is 0 Å². The van der Waals surface area contributed by atoms with Crippen LogP contribution >= 0.6 is 0 Å². The minimum atomic E-state index is -0.480. The van der Waals surface area contributed by atoms with E-state index in [2.05, 4.69) is 9.88 Å². The molecule has 0 saturated carbocycles. The molecule has 1 amide bonds. The maximum atomic E-state index is 12.2. The van der Waals surface area contributed by atoms with Gasteiger partial charge in [-0.05, 0) is 32.9 Å². The van der Waals surface area contributed by atoms with Crippen LogP contribution < -0.4 is 10.6 Å². The summed E-state index contributed by atoms with van der Waals surface area (Å²) in [5.41, 5.74) is 6.19. The molecule has 1 aromatic heterocycles. The van der Waals surface area contributed by atoms with E-state index in [1.807, 2.05) is 26.8 Å². The summed E-state index contributed by atoms with van der Waals surface area (Å²) in [5, 5.41) is 0. The van der Waals surface area contributed by atoms with Gasteiger partial charge in [-0.25, -0.2) is 9.78 Å². The first-order valence-corrected chi connectivity index (χ1v) is 7.90. The van der Waals surface area contributed by atoms with Gasteiger partial charge in [-0.3, -0.25) is 0 Å². The van der Waals surface area contributed by atoms with Gasteiger partial charge >= 0.3 is 6.09 Å². The molecule has 7 nitrogen and oxygen atoms in total. The molecule has 7 heteroatoms. The van der Waals surface area contributed by atoms with Crippen molar-refractivity contribution in [2.75, 3.05) is 36.8 Å². The molecule has 3 heterocycles. The smallest absolute Gasteiger partial charge is 0.410 e. The molecule has 2 atom stereocenters. The largest absolute Gasteiger partial charge is 0.444 e. The van der Waals surface area contributed by atoms with Gasteiger partial charge in [0.2, 0.25) is 0 Å². The normalized spacial score (nSPS) is 24.5.